The molecule has 0 radical (unpaired) electrons. The molecule has 0 rings (SSSR count). The van der Waals surface area contributed by atoms with Crippen LogP contribution in [-0.4, -0.2) is 81.8 Å². The molecule has 0 saturated carbocycles. The highest BCUT2D eigenvalue weighted by molar-refractivity contribution is 5.70. The fourth-order valence-corrected chi connectivity index (χ4v) is 4.58. The van der Waals surface area contributed by atoms with Gasteiger partial charge < -0.3 is 28.6 Å². The number of carbonyl (C=O) groups is 3. The van der Waals surface area contributed by atoms with Crippen LogP contribution in [0.3, 0.4) is 0 Å². The fraction of sp³-hybridized carbons (Fsp3) is 0.912. The molecule has 0 fully saturated rings. The van der Waals surface area contributed by atoms with E-state index in [1.54, 1.807) is 0 Å². The van der Waals surface area contributed by atoms with Crippen LogP contribution in [-0.2, 0) is 38.1 Å². The van der Waals surface area contributed by atoms with Crippen LogP contribution in [0, 0.1) is 5.92 Å². The van der Waals surface area contributed by atoms with E-state index in [1.807, 2.05) is 0 Å². The molecule has 0 saturated heterocycles. The summed E-state index contributed by atoms with van der Waals surface area (Å²) in [6.45, 7) is 13.9. The molecule has 254 valence electrons. The second kappa shape index (κ2) is 30.3. The summed E-state index contributed by atoms with van der Waals surface area (Å²) >= 11 is 0. The van der Waals surface area contributed by atoms with Gasteiger partial charge in [-0.2, -0.15) is 0 Å². The van der Waals surface area contributed by atoms with Gasteiger partial charge in [-0.15, -0.1) is 0 Å². The lowest BCUT2D eigenvalue weighted by molar-refractivity contribution is -0.162. The Morgan fingerprint density at radius 1 is 0.581 bits per heavy atom. The first kappa shape index (κ1) is 41.3. The van der Waals surface area contributed by atoms with Crippen LogP contribution in [0.15, 0.2) is 0 Å². The van der Waals surface area contributed by atoms with E-state index < -0.39 is 18.2 Å². The third-order valence-corrected chi connectivity index (χ3v) is 7.42. The molecule has 0 aromatic heterocycles. The van der Waals surface area contributed by atoms with E-state index >= 15 is 0 Å². The standard InChI is InChI=1S/C34H65NO8/c1-6-10-12-14-16-18-25-39-34(40-26-19-17-15-13-11-7-2)23-22-33(38)43-29-31(27-41-30(5)36)28-42-32(37)21-20-24-35(8-3)9-4/h31,34H,6-29H2,1-5H3. The molecular weight excluding hydrogens is 550 g/mol. The minimum atomic E-state index is -0.437. The van der Waals surface area contributed by atoms with E-state index in [1.165, 1.54) is 58.3 Å². The van der Waals surface area contributed by atoms with Gasteiger partial charge in [-0.3, -0.25) is 14.4 Å². The number of esters is 3. The smallest absolute Gasteiger partial charge is 0.305 e. The second-order valence-corrected chi connectivity index (χ2v) is 11.4. The lowest BCUT2D eigenvalue weighted by Crippen LogP contribution is -2.27. The summed E-state index contributed by atoms with van der Waals surface area (Å²) in [6, 6.07) is 0. The van der Waals surface area contributed by atoms with Crippen molar-refractivity contribution in [2.45, 2.75) is 144 Å². The largest absolute Gasteiger partial charge is 0.465 e. The summed E-state index contributed by atoms with van der Waals surface area (Å²) in [5.41, 5.74) is 0. The molecular formula is C34H65NO8. The quantitative estimate of drug-likeness (QED) is 0.0346. The Morgan fingerprint density at radius 3 is 1.53 bits per heavy atom. The molecule has 0 aromatic rings. The van der Waals surface area contributed by atoms with Crippen molar-refractivity contribution in [2.75, 3.05) is 52.7 Å². The first-order valence-electron chi connectivity index (χ1n) is 17.3. The zero-order valence-corrected chi connectivity index (χ0v) is 28.3. The molecule has 0 N–H and O–H groups in total. The first-order valence-corrected chi connectivity index (χ1v) is 17.3. The maximum atomic E-state index is 12.6. The van der Waals surface area contributed by atoms with Gasteiger partial charge in [0.05, 0.1) is 12.3 Å². The molecule has 1 atom stereocenters. The van der Waals surface area contributed by atoms with Crippen molar-refractivity contribution in [3.63, 3.8) is 0 Å². The molecule has 0 aliphatic rings. The number of rotatable bonds is 31. The van der Waals surface area contributed by atoms with Crippen molar-refractivity contribution in [2.24, 2.45) is 5.92 Å². The number of ether oxygens (including phenoxy) is 5. The van der Waals surface area contributed by atoms with E-state index in [9.17, 15) is 14.4 Å². The Labute approximate surface area is 263 Å². The topological polar surface area (TPSA) is 101 Å². The second-order valence-electron chi connectivity index (χ2n) is 11.4. The lowest BCUT2D eigenvalue weighted by atomic mass is 10.1. The van der Waals surface area contributed by atoms with Gasteiger partial charge in [0.1, 0.15) is 19.8 Å². The zero-order valence-electron chi connectivity index (χ0n) is 28.3. The predicted octanol–water partition coefficient (Wildman–Crippen LogP) is 7.23. The normalized spacial score (nSPS) is 12.1. The van der Waals surface area contributed by atoms with Crippen molar-refractivity contribution >= 4 is 17.9 Å². The monoisotopic (exact) mass is 615 g/mol. The van der Waals surface area contributed by atoms with Gasteiger partial charge in [0.15, 0.2) is 6.29 Å². The van der Waals surface area contributed by atoms with E-state index in [4.69, 9.17) is 23.7 Å². The number of carbonyl (C=O) groups excluding carboxylic acids is 3. The van der Waals surface area contributed by atoms with Crippen LogP contribution in [0.1, 0.15) is 137 Å². The Hall–Kier alpha value is -1.71. The summed E-state index contributed by atoms with van der Waals surface area (Å²) in [4.78, 5) is 38.4. The minimum absolute atomic E-state index is 0.000736. The molecule has 0 amide bonds. The van der Waals surface area contributed by atoms with Crippen LogP contribution in [0.4, 0.5) is 0 Å². The molecule has 0 aromatic carbocycles. The summed E-state index contributed by atoms with van der Waals surface area (Å²) in [5, 5.41) is 0. The van der Waals surface area contributed by atoms with E-state index in [0.29, 0.717) is 32.5 Å². The van der Waals surface area contributed by atoms with Gasteiger partial charge in [-0.05, 0) is 38.9 Å². The number of unbranched alkanes of at least 4 members (excludes halogenated alkanes) is 10. The van der Waals surface area contributed by atoms with Crippen LogP contribution in [0.25, 0.3) is 0 Å². The van der Waals surface area contributed by atoms with Crippen molar-refractivity contribution < 1.29 is 38.1 Å². The molecule has 1 unspecified atom stereocenters. The number of hydrogen-bond acceptors (Lipinski definition) is 9. The van der Waals surface area contributed by atoms with Crippen molar-refractivity contribution in [3.8, 4) is 0 Å². The SMILES string of the molecule is CCCCCCCCOC(CCC(=O)OCC(COC(C)=O)COC(=O)CCCN(CC)CC)OCCCCCCCC. The van der Waals surface area contributed by atoms with Crippen LogP contribution in [0.2, 0.25) is 0 Å². The highest BCUT2D eigenvalue weighted by Gasteiger charge is 2.19. The van der Waals surface area contributed by atoms with Crippen molar-refractivity contribution in [1.82, 2.24) is 4.90 Å². The third kappa shape index (κ3) is 27.6. The molecule has 0 heterocycles. The summed E-state index contributed by atoms with van der Waals surface area (Å²) in [7, 11) is 0. The van der Waals surface area contributed by atoms with Crippen LogP contribution in [0.5, 0.6) is 0 Å². The summed E-state index contributed by atoms with van der Waals surface area (Å²) in [6.07, 6.45) is 15.4. The highest BCUT2D eigenvalue weighted by atomic mass is 16.7. The maximum Gasteiger partial charge on any atom is 0.305 e. The number of hydrogen-bond donors (Lipinski definition) is 0. The van der Waals surface area contributed by atoms with Gasteiger partial charge in [-0.1, -0.05) is 91.9 Å². The van der Waals surface area contributed by atoms with Crippen LogP contribution >= 0.6 is 0 Å². The molecule has 0 spiro atoms. The molecule has 0 aliphatic heterocycles. The summed E-state index contributed by atoms with van der Waals surface area (Å²) < 4.78 is 28.0. The zero-order chi connectivity index (χ0) is 32.0. The fourth-order valence-electron chi connectivity index (χ4n) is 4.58. The Morgan fingerprint density at radius 2 is 1.05 bits per heavy atom. The Balaban J connectivity index is 4.61. The molecule has 9 heteroatoms. The molecule has 0 aliphatic carbocycles. The maximum absolute atomic E-state index is 12.6. The number of nitrogens with zero attached hydrogens (tertiary/aromatic N) is 1. The van der Waals surface area contributed by atoms with Gasteiger partial charge in [0.2, 0.25) is 0 Å². The van der Waals surface area contributed by atoms with Crippen molar-refractivity contribution in [1.29, 1.82) is 0 Å². The molecule has 43 heavy (non-hydrogen) atoms. The van der Waals surface area contributed by atoms with Gasteiger partial charge >= 0.3 is 17.9 Å². The van der Waals surface area contributed by atoms with Gasteiger partial charge in [0, 0.05) is 33.0 Å². The van der Waals surface area contributed by atoms with E-state index in [0.717, 1.165) is 45.3 Å². The van der Waals surface area contributed by atoms with Gasteiger partial charge in [-0.25, -0.2) is 0 Å². The van der Waals surface area contributed by atoms with Gasteiger partial charge in [0.25, 0.3) is 0 Å². The van der Waals surface area contributed by atoms with Crippen LogP contribution < -0.4 is 0 Å². The highest BCUT2D eigenvalue weighted by Crippen LogP contribution is 2.12. The molecule has 0 bridgehead atoms. The first-order chi connectivity index (χ1) is 20.9. The predicted molar refractivity (Wildman–Crippen MR) is 171 cm³/mol. The van der Waals surface area contributed by atoms with E-state index in [2.05, 4.69) is 32.6 Å². The van der Waals surface area contributed by atoms with E-state index in [-0.39, 0.29) is 38.2 Å². The summed E-state index contributed by atoms with van der Waals surface area (Å²) in [5.74, 6) is -1.55. The average Bonchev–Trinajstić information content (AvgIpc) is 3.00. The van der Waals surface area contributed by atoms with Crippen molar-refractivity contribution in [3.05, 3.63) is 0 Å². The molecule has 9 nitrogen and oxygen atoms in total. The third-order valence-electron chi connectivity index (χ3n) is 7.42. The average molecular weight is 616 g/mol. The minimum Gasteiger partial charge on any atom is -0.465 e. The Kier molecular flexibility index (Phi) is 29.1. The lowest BCUT2D eigenvalue weighted by Gasteiger charge is -2.20. The Bertz CT molecular complexity index is 653.